The van der Waals surface area contributed by atoms with E-state index in [-0.39, 0.29) is 42.1 Å². The summed E-state index contributed by atoms with van der Waals surface area (Å²) in [6.07, 6.45) is -0.0146. The summed E-state index contributed by atoms with van der Waals surface area (Å²) in [7, 11) is 0. The first-order valence-corrected chi connectivity index (χ1v) is 9.82. The molecule has 1 atom stereocenters. The van der Waals surface area contributed by atoms with Gasteiger partial charge in [0.2, 0.25) is 5.75 Å². The molecular formula is C20H27N3O7. The van der Waals surface area contributed by atoms with Crippen LogP contribution in [0.5, 0.6) is 11.5 Å². The predicted octanol–water partition coefficient (Wildman–Crippen LogP) is 3.36. The van der Waals surface area contributed by atoms with Crippen molar-refractivity contribution in [3.05, 3.63) is 39.1 Å². The Morgan fingerprint density at radius 3 is 2.40 bits per heavy atom. The molecule has 10 heteroatoms. The number of nitrogens with zero attached hydrogens (tertiary/aromatic N) is 1. The molecule has 0 aliphatic carbocycles. The van der Waals surface area contributed by atoms with E-state index < -0.39 is 23.0 Å². The largest absolute Gasteiger partial charge is 0.490 e. The second-order valence-electron chi connectivity index (χ2n) is 6.72. The Morgan fingerprint density at radius 1 is 1.20 bits per heavy atom. The van der Waals surface area contributed by atoms with E-state index in [2.05, 4.69) is 10.6 Å². The van der Waals surface area contributed by atoms with Crippen LogP contribution in [-0.2, 0) is 9.53 Å². The van der Waals surface area contributed by atoms with Crippen molar-refractivity contribution in [1.29, 1.82) is 0 Å². The number of rotatable bonds is 9. The summed E-state index contributed by atoms with van der Waals surface area (Å²) in [5.74, 6) is -0.459. The van der Waals surface area contributed by atoms with Gasteiger partial charge in [-0.2, -0.15) is 0 Å². The number of allylic oxidation sites excluding steroid dienone is 1. The fraction of sp³-hybridized carbons (Fsp3) is 0.500. The zero-order valence-electron chi connectivity index (χ0n) is 17.7. The highest BCUT2D eigenvalue weighted by atomic mass is 16.6. The quantitative estimate of drug-likeness (QED) is 0.355. The van der Waals surface area contributed by atoms with Crippen molar-refractivity contribution in [3.63, 3.8) is 0 Å². The molecule has 2 amide bonds. The number of carbonyl (C=O) groups excluding carboxylic acids is 2. The van der Waals surface area contributed by atoms with Gasteiger partial charge in [-0.15, -0.1) is 0 Å². The Hall–Kier alpha value is -3.30. The van der Waals surface area contributed by atoms with Crippen LogP contribution in [0, 0.1) is 10.1 Å². The molecule has 2 rings (SSSR count). The van der Waals surface area contributed by atoms with Gasteiger partial charge in [0.25, 0.3) is 0 Å². The van der Waals surface area contributed by atoms with Gasteiger partial charge in [-0.1, -0.05) is 6.92 Å². The van der Waals surface area contributed by atoms with E-state index in [0.29, 0.717) is 17.7 Å². The second-order valence-corrected chi connectivity index (χ2v) is 6.72. The van der Waals surface area contributed by atoms with Crippen molar-refractivity contribution in [2.45, 2.75) is 53.2 Å². The Labute approximate surface area is 174 Å². The number of carbonyl (C=O) groups is 2. The zero-order valence-corrected chi connectivity index (χ0v) is 17.7. The van der Waals surface area contributed by atoms with Crippen molar-refractivity contribution >= 4 is 17.7 Å². The highest BCUT2D eigenvalue weighted by Crippen LogP contribution is 2.42. The Kier molecular flexibility index (Phi) is 7.62. The van der Waals surface area contributed by atoms with E-state index in [1.165, 1.54) is 12.1 Å². The lowest BCUT2D eigenvalue weighted by Gasteiger charge is -2.29. The minimum absolute atomic E-state index is 0.000590. The van der Waals surface area contributed by atoms with Gasteiger partial charge in [0.1, 0.15) is 0 Å². The molecule has 1 aromatic carbocycles. The van der Waals surface area contributed by atoms with E-state index in [4.69, 9.17) is 14.2 Å². The first kappa shape index (κ1) is 23.0. The molecule has 0 saturated heterocycles. The number of nitro groups is 1. The van der Waals surface area contributed by atoms with Gasteiger partial charge in [0.05, 0.1) is 35.9 Å². The maximum atomic E-state index is 12.8. The molecule has 1 heterocycles. The van der Waals surface area contributed by atoms with Gasteiger partial charge in [0.15, 0.2) is 5.75 Å². The van der Waals surface area contributed by atoms with E-state index in [1.807, 2.05) is 0 Å². The number of esters is 1. The number of nitro benzene ring substituents is 1. The van der Waals surface area contributed by atoms with E-state index in [0.717, 1.165) is 0 Å². The number of amides is 2. The summed E-state index contributed by atoms with van der Waals surface area (Å²) in [6, 6.07) is 1.34. The highest BCUT2D eigenvalue weighted by molar-refractivity contribution is 5.95. The lowest BCUT2D eigenvalue weighted by Crippen LogP contribution is -2.46. The van der Waals surface area contributed by atoms with Gasteiger partial charge in [-0.05, 0) is 45.7 Å². The molecule has 1 aliphatic rings. The monoisotopic (exact) mass is 421 g/mol. The maximum Gasteiger partial charge on any atom is 0.338 e. The van der Waals surface area contributed by atoms with Crippen LogP contribution >= 0.6 is 0 Å². The number of nitrogens with one attached hydrogen (secondary N) is 2. The molecule has 10 nitrogen and oxygen atoms in total. The van der Waals surface area contributed by atoms with Gasteiger partial charge in [-0.3, -0.25) is 10.1 Å². The molecule has 1 aromatic rings. The van der Waals surface area contributed by atoms with Crippen LogP contribution in [0.1, 0.15) is 52.6 Å². The minimum Gasteiger partial charge on any atom is -0.490 e. The third-order valence-corrected chi connectivity index (χ3v) is 4.25. The molecule has 0 spiro atoms. The smallest absolute Gasteiger partial charge is 0.338 e. The first-order valence-electron chi connectivity index (χ1n) is 9.82. The summed E-state index contributed by atoms with van der Waals surface area (Å²) in [6.45, 7) is 9.10. The van der Waals surface area contributed by atoms with E-state index in [9.17, 15) is 19.7 Å². The van der Waals surface area contributed by atoms with Crippen molar-refractivity contribution in [2.75, 3.05) is 13.2 Å². The predicted molar refractivity (Wildman–Crippen MR) is 108 cm³/mol. The molecule has 1 unspecified atom stereocenters. The molecule has 0 radical (unpaired) electrons. The molecule has 164 valence electrons. The molecule has 0 fully saturated rings. The molecule has 1 aliphatic heterocycles. The van der Waals surface area contributed by atoms with Gasteiger partial charge < -0.3 is 24.8 Å². The summed E-state index contributed by atoms with van der Waals surface area (Å²) >= 11 is 0. The van der Waals surface area contributed by atoms with Crippen LogP contribution in [0.15, 0.2) is 23.4 Å². The molecular weight excluding hydrogens is 394 g/mol. The lowest BCUT2D eigenvalue weighted by molar-refractivity contribution is -0.386. The summed E-state index contributed by atoms with van der Waals surface area (Å²) < 4.78 is 16.4. The average Bonchev–Trinajstić information content (AvgIpc) is 2.67. The number of ether oxygens (including phenoxy) is 3. The third-order valence-electron chi connectivity index (χ3n) is 4.25. The summed E-state index contributed by atoms with van der Waals surface area (Å²) in [5, 5.41) is 17.0. The summed E-state index contributed by atoms with van der Waals surface area (Å²) in [4.78, 5) is 36.1. The van der Waals surface area contributed by atoms with Gasteiger partial charge in [-0.25, -0.2) is 9.59 Å². The van der Waals surface area contributed by atoms with Crippen molar-refractivity contribution in [2.24, 2.45) is 0 Å². The zero-order chi connectivity index (χ0) is 22.4. The van der Waals surface area contributed by atoms with Gasteiger partial charge >= 0.3 is 17.7 Å². The second kappa shape index (κ2) is 9.95. The van der Waals surface area contributed by atoms with Crippen molar-refractivity contribution in [1.82, 2.24) is 10.6 Å². The number of hydrogen-bond donors (Lipinski definition) is 2. The van der Waals surface area contributed by atoms with Crippen LogP contribution < -0.4 is 20.1 Å². The molecule has 30 heavy (non-hydrogen) atoms. The number of urea groups is 1. The fourth-order valence-electron chi connectivity index (χ4n) is 3.13. The maximum absolute atomic E-state index is 12.8. The molecule has 0 bridgehead atoms. The van der Waals surface area contributed by atoms with Crippen LogP contribution in [0.3, 0.4) is 0 Å². The summed E-state index contributed by atoms with van der Waals surface area (Å²) in [5.41, 5.74) is 0.570. The molecule has 2 N–H and O–H groups in total. The third kappa shape index (κ3) is 5.00. The number of hydrogen-bond acceptors (Lipinski definition) is 7. The average molecular weight is 421 g/mol. The fourth-order valence-corrected chi connectivity index (χ4v) is 3.13. The van der Waals surface area contributed by atoms with E-state index in [1.54, 1.807) is 34.6 Å². The molecule has 0 aromatic heterocycles. The normalized spacial score (nSPS) is 16.1. The van der Waals surface area contributed by atoms with Crippen LogP contribution in [0.25, 0.3) is 0 Å². The first-order chi connectivity index (χ1) is 14.2. The Morgan fingerprint density at radius 2 is 1.87 bits per heavy atom. The Balaban J connectivity index is 2.69. The van der Waals surface area contributed by atoms with Crippen molar-refractivity contribution in [3.8, 4) is 11.5 Å². The molecule has 0 saturated carbocycles. The minimum atomic E-state index is -0.950. The van der Waals surface area contributed by atoms with E-state index >= 15 is 0 Å². The lowest BCUT2D eigenvalue weighted by atomic mass is 9.93. The standard InChI is InChI=1S/C20H27N3O7/c1-6-13-16(19(24)30-11(4)5)17(22-20(25)21-13)12-9-14(23(26)27)18(29-8-3)15(10-12)28-7-2/h9-11,17H,6-8H2,1-5H3,(H2,21,22,25). The topological polar surface area (TPSA) is 129 Å². The highest BCUT2D eigenvalue weighted by Gasteiger charge is 2.36. The SMILES string of the molecule is CCOc1cc(C2NC(=O)NC(CC)=C2C(=O)OC(C)C)cc([N+](=O)[O-])c1OCC. The van der Waals surface area contributed by atoms with Crippen LogP contribution in [0.4, 0.5) is 10.5 Å². The number of benzene rings is 1. The van der Waals surface area contributed by atoms with Crippen LogP contribution in [0.2, 0.25) is 0 Å². The van der Waals surface area contributed by atoms with Crippen molar-refractivity contribution < 1.29 is 28.7 Å². The van der Waals surface area contributed by atoms with Crippen LogP contribution in [-0.4, -0.2) is 36.2 Å². The van der Waals surface area contributed by atoms with Gasteiger partial charge in [0, 0.05) is 11.8 Å². The Bertz CT molecular complexity index is 864.